The standard InChI is InChI=1S/C15H21NO2/c1-3-4-11-16(2)12-14-8-6-5-7-13(14)9-10-15(17)18/h5-10H,3-4,11-12H2,1-2H3,(H,17,18)/b10-9+. The van der Waals surface area contributed by atoms with Crippen LogP contribution in [-0.2, 0) is 11.3 Å². The first-order valence-corrected chi connectivity index (χ1v) is 6.31. The van der Waals surface area contributed by atoms with Crippen LogP contribution in [0.5, 0.6) is 0 Å². The fourth-order valence-corrected chi connectivity index (χ4v) is 1.80. The van der Waals surface area contributed by atoms with Gasteiger partial charge in [0.2, 0.25) is 0 Å². The summed E-state index contributed by atoms with van der Waals surface area (Å²) in [6.45, 7) is 4.09. The Morgan fingerprint density at radius 2 is 2.11 bits per heavy atom. The molecule has 0 saturated carbocycles. The summed E-state index contributed by atoms with van der Waals surface area (Å²) in [5, 5.41) is 8.67. The minimum Gasteiger partial charge on any atom is -0.478 e. The van der Waals surface area contributed by atoms with Crippen molar-refractivity contribution in [1.29, 1.82) is 0 Å². The summed E-state index contributed by atoms with van der Waals surface area (Å²) in [6, 6.07) is 7.91. The fraction of sp³-hybridized carbons (Fsp3) is 0.400. The van der Waals surface area contributed by atoms with Crippen LogP contribution in [-0.4, -0.2) is 29.6 Å². The van der Waals surface area contributed by atoms with E-state index in [4.69, 9.17) is 5.11 Å². The van der Waals surface area contributed by atoms with E-state index < -0.39 is 5.97 Å². The number of benzene rings is 1. The Bertz CT molecular complexity index is 413. The number of carbonyl (C=O) groups is 1. The van der Waals surface area contributed by atoms with E-state index in [1.807, 2.05) is 24.3 Å². The van der Waals surface area contributed by atoms with Crippen LogP contribution in [0.25, 0.3) is 6.08 Å². The summed E-state index contributed by atoms with van der Waals surface area (Å²) in [4.78, 5) is 12.8. The number of rotatable bonds is 7. The summed E-state index contributed by atoms with van der Waals surface area (Å²) in [5.41, 5.74) is 2.14. The van der Waals surface area contributed by atoms with E-state index in [0.29, 0.717) is 0 Å². The van der Waals surface area contributed by atoms with Gasteiger partial charge in [-0.25, -0.2) is 4.79 Å². The molecule has 1 aromatic rings. The van der Waals surface area contributed by atoms with Gasteiger partial charge in [0.15, 0.2) is 0 Å². The molecule has 0 aliphatic heterocycles. The van der Waals surface area contributed by atoms with Gasteiger partial charge in [0, 0.05) is 12.6 Å². The molecule has 3 heteroatoms. The highest BCUT2D eigenvalue weighted by Crippen LogP contribution is 2.13. The van der Waals surface area contributed by atoms with Gasteiger partial charge in [-0.15, -0.1) is 0 Å². The van der Waals surface area contributed by atoms with Gasteiger partial charge >= 0.3 is 5.97 Å². The topological polar surface area (TPSA) is 40.5 Å². The molecule has 18 heavy (non-hydrogen) atoms. The maximum absolute atomic E-state index is 10.6. The molecule has 0 atom stereocenters. The van der Waals surface area contributed by atoms with E-state index >= 15 is 0 Å². The zero-order valence-electron chi connectivity index (χ0n) is 11.1. The quantitative estimate of drug-likeness (QED) is 0.753. The third-order valence-corrected chi connectivity index (χ3v) is 2.79. The van der Waals surface area contributed by atoms with E-state index in [2.05, 4.69) is 18.9 Å². The van der Waals surface area contributed by atoms with Crippen molar-refractivity contribution in [2.75, 3.05) is 13.6 Å². The van der Waals surface area contributed by atoms with Crippen molar-refractivity contribution in [3.8, 4) is 0 Å². The van der Waals surface area contributed by atoms with Crippen molar-refractivity contribution in [3.63, 3.8) is 0 Å². The number of hydrogen-bond donors (Lipinski definition) is 1. The van der Waals surface area contributed by atoms with Crippen molar-refractivity contribution in [2.24, 2.45) is 0 Å². The largest absolute Gasteiger partial charge is 0.478 e. The molecule has 0 radical (unpaired) electrons. The number of aliphatic carboxylic acids is 1. The Kier molecular flexibility index (Phi) is 6.15. The molecular weight excluding hydrogens is 226 g/mol. The number of unbranched alkanes of at least 4 members (excludes halogenated alkanes) is 1. The van der Waals surface area contributed by atoms with Crippen LogP contribution in [0.2, 0.25) is 0 Å². The van der Waals surface area contributed by atoms with Gasteiger partial charge < -0.3 is 10.0 Å². The van der Waals surface area contributed by atoms with Gasteiger partial charge in [0.25, 0.3) is 0 Å². The van der Waals surface area contributed by atoms with Crippen LogP contribution in [0.15, 0.2) is 30.3 Å². The second kappa shape index (κ2) is 7.67. The first kappa shape index (κ1) is 14.5. The molecule has 0 unspecified atom stereocenters. The Morgan fingerprint density at radius 3 is 2.78 bits per heavy atom. The Labute approximate surface area is 109 Å². The van der Waals surface area contributed by atoms with Crippen LogP contribution < -0.4 is 0 Å². The highest BCUT2D eigenvalue weighted by Gasteiger charge is 2.03. The summed E-state index contributed by atoms with van der Waals surface area (Å²) < 4.78 is 0. The lowest BCUT2D eigenvalue weighted by Gasteiger charge is -2.17. The number of carboxylic acid groups (broad SMARTS) is 1. The number of nitrogens with zero attached hydrogens (tertiary/aromatic N) is 1. The molecule has 0 aliphatic rings. The van der Waals surface area contributed by atoms with Crippen LogP contribution in [0.4, 0.5) is 0 Å². The lowest BCUT2D eigenvalue weighted by atomic mass is 10.1. The minimum absolute atomic E-state index is 0.847. The zero-order valence-corrected chi connectivity index (χ0v) is 11.1. The molecule has 0 aliphatic carbocycles. The fourth-order valence-electron chi connectivity index (χ4n) is 1.80. The molecule has 0 aromatic heterocycles. The predicted octanol–water partition coefficient (Wildman–Crippen LogP) is 3.02. The summed E-state index contributed by atoms with van der Waals surface area (Å²) in [5.74, 6) is -0.913. The molecule has 1 N–H and O–H groups in total. The van der Waals surface area contributed by atoms with E-state index in [0.717, 1.165) is 24.2 Å². The molecule has 0 saturated heterocycles. The average Bonchev–Trinajstić information content (AvgIpc) is 2.35. The molecular formula is C15H21NO2. The van der Waals surface area contributed by atoms with Crippen molar-refractivity contribution in [3.05, 3.63) is 41.5 Å². The van der Waals surface area contributed by atoms with Crippen LogP contribution in [0, 0.1) is 0 Å². The molecule has 3 nitrogen and oxygen atoms in total. The SMILES string of the molecule is CCCCN(C)Cc1ccccc1/C=C/C(=O)O. The van der Waals surface area contributed by atoms with Gasteiger partial charge in [0.1, 0.15) is 0 Å². The van der Waals surface area contributed by atoms with Crippen molar-refractivity contribution in [2.45, 2.75) is 26.3 Å². The van der Waals surface area contributed by atoms with Gasteiger partial charge in [-0.2, -0.15) is 0 Å². The van der Waals surface area contributed by atoms with E-state index in [1.54, 1.807) is 6.08 Å². The number of carboxylic acids is 1. The third kappa shape index (κ3) is 5.15. The highest BCUT2D eigenvalue weighted by molar-refractivity contribution is 5.85. The van der Waals surface area contributed by atoms with Crippen LogP contribution in [0.3, 0.4) is 0 Å². The summed E-state index contributed by atoms with van der Waals surface area (Å²) in [6.07, 6.45) is 5.21. The van der Waals surface area contributed by atoms with Gasteiger partial charge in [-0.1, -0.05) is 37.6 Å². The Balaban J connectivity index is 2.72. The van der Waals surface area contributed by atoms with Crippen molar-refractivity contribution >= 4 is 12.0 Å². The normalized spacial score (nSPS) is 11.3. The maximum atomic E-state index is 10.6. The van der Waals surface area contributed by atoms with E-state index in [9.17, 15) is 4.79 Å². The number of hydrogen-bond acceptors (Lipinski definition) is 2. The minimum atomic E-state index is -0.913. The lowest BCUT2D eigenvalue weighted by molar-refractivity contribution is -0.131. The Hall–Kier alpha value is -1.61. The summed E-state index contributed by atoms with van der Waals surface area (Å²) >= 11 is 0. The molecule has 1 rings (SSSR count). The lowest BCUT2D eigenvalue weighted by Crippen LogP contribution is -2.19. The second-order valence-corrected chi connectivity index (χ2v) is 4.46. The van der Waals surface area contributed by atoms with Crippen LogP contribution in [0.1, 0.15) is 30.9 Å². The van der Waals surface area contributed by atoms with Crippen molar-refractivity contribution in [1.82, 2.24) is 4.90 Å². The van der Waals surface area contributed by atoms with Gasteiger partial charge in [-0.05, 0) is 37.2 Å². The first-order valence-electron chi connectivity index (χ1n) is 6.31. The smallest absolute Gasteiger partial charge is 0.328 e. The average molecular weight is 247 g/mol. The van der Waals surface area contributed by atoms with Gasteiger partial charge in [0.05, 0.1) is 0 Å². The Morgan fingerprint density at radius 1 is 1.39 bits per heavy atom. The maximum Gasteiger partial charge on any atom is 0.328 e. The molecule has 1 aromatic carbocycles. The summed E-state index contributed by atoms with van der Waals surface area (Å²) in [7, 11) is 2.09. The first-order chi connectivity index (χ1) is 8.63. The second-order valence-electron chi connectivity index (χ2n) is 4.46. The molecule has 0 amide bonds. The highest BCUT2D eigenvalue weighted by atomic mass is 16.4. The molecule has 0 spiro atoms. The zero-order chi connectivity index (χ0) is 13.4. The molecule has 98 valence electrons. The monoisotopic (exact) mass is 247 g/mol. The third-order valence-electron chi connectivity index (χ3n) is 2.79. The van der Waals surface area contributed by atoms with Crippen LogP contribution >= 0.6 is 0 Å². The molecule has 0 fully saturated rings. The molecule has 0 bridgehead atoms. The van der Waals surface area contributed by atoms with Crippen molar-refractivity contribution < 1.29 is 9.90 Å². The van der Waals surface area contributed by atoms with Gasteiger partial charge in [-0.3, -0.25) is 0 Å². The predicted molar refractivity (Wildman–Crippen MR) is 74.4 cm³/mol. The van der Waals surface area contributed by atoms with E-state index in [1.165, 1.54) is 18.9 Å². The molecule has 0 heterocycles. The van der Waals surface area contributed by atoms with E-state index in [-0.39, 0.29) is 0 Å².